The Bertz CT molecular complexity index is 1130. The van der Waals surface area contributed by atoms with E-state index in [1.165, 1.54) is 16.9 Å². The van der Waals surface area contributed by atoms with Crippen molar-refractivity contribution >= 4 is 27.9 Å². The number of thiazole rings is 1. The Morgan fingerprint density at radius 1 is 1.15 bits per heavy atom. The summed E-state index contributed by atoms with van der Waals surface area (Å²) in [5.41, 5.74) is 5.40. The Morgan fingerprint density at radius 2 is 1.93 bits per heavy atom. The van der Waals surface area contributed by atoms with Gasteiger partial charge in [-0.15, -0.1) is 11.3 Å². The lowest BCUT2D eigenvalue weighted by Crippen LogP contribution is -2.14. The number of amides is 1. The van der Waals surface area contributed by atoms with E-state index < -0.39 is 0 Å². The molecule has 0 aliphatic carbocycles. The van der Waals surface area contributed by atoms with E-state index in [4.69, 9.17) is 4.74 Å². The number of rotatable bonds is 4. The van der Waals surface area contributed by atoms with E-state index in [0.29, 0.717) is 5.69 Å². The number of ether oxygens (including phenoxy) is 1. The molecule has 5 nitrogen and oxygen atoms in total. The van der Waals surface area contributed by atoms with Crippen molar-refractivity contribution in [3.63, 3.8) is 0 Å². The zero-order valence-electron chi connectivity index (χ0n) is 15.3. The van der Waals surface area contributed by atoms with E-state index in [2.05, 4.69) is 16.4 Å². The zero-order valence-corrected chi connectivity index (χ0v) is 16.1. The summed E-state index contributed by atoms with van der Waals surface area (Å²) in [5, 5.41) is 4.83. The summed E-state index contributed by atoms with van der Waals surface area (Å²) in [4.78, 5) is 18.2. The SMILES string of the molecule is COc1ccc(-c2cn3c(C(=O)Nc4ccc(C)cc4C)csc3n2)cc1. The number of aromatic nitrogens is 2. The molecule has 4 rings (SSSR count). The van der Waals surface area contributed by atoms with Gasteiger partial charge in [-0.25, -0.2) is 4.98 Å². The number of nitrogens with zero attached hydrogens (tertiary/aromatic N) is 2. The van der Waals surface area contributed by atoms with Gasteiger partial charge in [-0.05, 0) is 49.7 Å². The molecule has 2 aromatic heterocycles. The molecule has 1 amide bonds. The number of nitrogens with one attached hydrogen (secondary N) is 1. The molecule has 27 heavy (non-hydrogen) atoms. The van der Waals surface area contributed by atoms with Crippen LogP contribution in [0, 0.1) is 13.8 Å². The predicted molar refractivity (Wildman–Crippen MR) is 109 cm³/mol. The van der Waals surface area contributed by atoms with E-state index in [-0.39, 0.29) is 5.91 Å². The number of hydrogen-bond acceptors (Lipinski definition) is 4. The fraction of sp³-hybridized carbons (Fsp3) is 0.143. The molecule has 0 aliphatic rings. The van der Waals surface area contributed by atoms with Gasteiger partial charge in [0.15, 0.2) is 4.96 Å². The molecule has 0 aliphatic heterocycles. The second kappa shape index (κ2) is 6.89. The molecular formula is C21H19N3O2S. The summed E-state index contributed by atoms with van der Waals surface area (Å²) in [6, 6.07) is 13.7. The van der Waals surface area contributed by atoms with Gasteiger partial charge >= 0.3 is 0 Å². The minimum absolute atomic E-state index is 0.146. The highest BCUT2D eigenvalue weighted by Gasteiger charge is 2.16. The molecule has 0 saturated carbocycles. The molecule has 0 bridgehead atoms. The Morgan fingerprint density at radius 3 is 2.63 bits per heavy atom. The van der Waals surface area contributed by atoms with Crippen molar-refractivity contribution < 1.29 is 9.53 Å². The van der Waals surface area contributed by atoms with Crippen molar-refractivity contribution in [2.24, 2.45) is 0 Å². The number of hydrogen-bond donors (Lipinski definition) is 1. The fourth-order valence-electron chi connectivity index (χ4n) is 2.99. The van der Waals surface area contributed by atoms with Crippen LogP contribution < -0.4 is 10.1 Å². The number of imidazole rings is 1. The van der Waals surface area contributed by atoms with Crippen LogP contribution in [0.15, 0.2) is 54.0 Å². The van der Waals surface area contributed by atoms with Gasteiger partial charge in [0.2, 0.25) is 0 Å². The van der Waals surface area contributed by atoms with Crippen LogP contribution in [0.3, 0.4) is 0 Å². The standard InChI is InChI=1S/C21H19N3O2S/c1-13-4-9-17(14(2)10-13)22-20(25)19-12-27-21-23-18(11-24(19)21)15-5-7-16(26-3)8-6-15/h4-12H,1-3H3,(H,22,25). The number of carbonyl (C=O) groups excluding carboxylic acids is 1. The minimum atomic E-state index is -0.146. The van der Waals surface area contributed by atoms with Crippen LogP contribution in [0.5, 0.6) is 5.75 Å². The quantitative estimate of drug-likeness (QED) is 0.548. The van der Waals surface area contributed by atoms with Crippen molar-refractivity contribution in [3.05, 3.63) is 70.9 Å². The van der Waals surface area contributed by atoms with Crippen molar-refractivity contribution in [1.82, 2.24) is 9.38 Å². The zero-order chi connectivity index (χ0) is 19.0. The van der Waals surface area contributed by atoms with Crippen LogP contribution in [0.25, 0.3) is 16.2 Å². The molecule has 0 fully saturated rings. The van der Waals surface area contributed by atoms with Gasteiger partial charge in [0.05, 0.1) is 12.8 Å². The van der Waals surface area contributed by atoms with Crippen LogP contribution in [-0.2, 0) is 0 Å². The Kier molecular flexibility index (Phi) is 4.41. The largest absolute Gasteiger partial charge is 0.497 e. The molecule has 0 saturated heterocycles. The van der Waals surface area contributed by atoms with Crippen LogP contribution in [0.1, 0.15) is 21.6 Å². The molecule has 6 heteroatoms. The number of benzene rings is 2. The first-order valence-corrected chi connectivity index (χ1v) is 9.43. The molecule has 0 unspecified atom stereocenters. The van der Waals surface area contributed by atoms with Gasteiger partial charge in [0.1, 0.15) is 11.4 Å². The van der Waals surface area contributed by atoms with Crippen LogP contribution in [0.4, 0.5) is 5.69 Å². The second-order valence-corrected chi connectivity index (χ2v) is 7.24. The summed E-state index contributed by atoms with van der Waals surface area (Å²) in [7, 11) is 1.64. The summed E-state index contributed by atoms with van der Waals surface area (Å²) in [6.45, 7) is 4.03. The molecule has 0 spiro atoms. The van der Waals surface area contributed by atoms with Gasteiger partial charge < -0.3 is 10.1 Å². The Hall–Kier alpha value is -3.12. The maximum atomic E-state index is 12.8. The Balaban J connectivity index is 1.64. The summed E-state index contributed by atoms with van der Waals surface area (Å²) in [6.07, 6.45) is 1.89. The lowest BCUT2D eigenvalue weighted by Gasteiger charge is -2.08. The van der Waals surface area contributed by atoms with E-state index in [1.807, 2.05) is 66.2 Å². The molecular weight excluding hydrogens is 358 g/mol. The summed E-state index contributed by atoms with van der Waals surface area (Å²) in [5.74, 6) is 0.653. The lowest BCUT2D eigenvalue weighted by atomic mass is 10.1. The number of anilines is 1. The fourth-order valence-corrected chi connectivity index (χ4v) is 3.84. The topological polar surface area (TPSA) is 55.6 Å². The Labute approximate surface area is 161 Å². The number of carbonyl (C=O) groups is 1. The van der Waals surface area contributed by atoms with E-state index in [9.17, 15) is 4.79 Å². The highest BCUT2D eigenvalue weighted by atomic mass is 32.1. The molecule has 136 valence electrons. The molecule has 0 radical (unpaired) electrons. The van der Waals surface area contributed by atoms with E-state index >= 15 is 0 Å². The first-order valence-electron chi connectivity index (χ1n) is 8.55. The van der Waals surface area contributed by atoms with Crippen molar-refractivity contribution in [2.45, 2.75) is 13.8 Å². The highest BCUT2D eigenvalue weighted by molar-refractivity contribution is 7.15. The van der Waals surface area contributed by atoms with Crippen molar-refractivity contribution in [3.8, 4) is 17.0 Å². The third kappa shape index (κ3) is 3.31. The van der Waals surface area contributed by atoms with Crippen molar-refractivity contribution in [2.75, 3.05) is 12.4 Å². The van der Waals surface area contributed by atoms with Gasteiger partial charge in [-0.3, -0.25) is 9.20 Å². The second-order valence-electron chi connectivity index (χ2n) is 6.40. The average molecular weight is 377 g/mol. The van der Waals surface area contributed by atoms with Crippen LogP contribution in [0.2, 0.25) is 0 Å². The predicted octanol–water partition coefficient (Wildman–Crippen LogP) is 4.94. The van der Waals surface area contributed by atoms with Crippen molar-refractivity contribution in [1.29, 1.82) is 0 Å². The maximum Gasteiger partial charge on any atom is 0.273 e. The lowest BCUT2D eigenvalue weighted by molar-refractivity contribution is 0.102. The van der Waals surface area contributed by atoms with E-state index in [0.717, 1.165) is 33.2 Å². The van der Waals surface area contributed by atoms with Crippen LogP contribution >= 0.6 is 11.3 Å². The minimum Gasteiger partial charge on any atom is -0.497 e. The maximum absolute atomic E-state index is 12.8. The molecule has 1 N–H and O–H groups in total. The van der Waals surface area contributed by atoms with Gasteiger partial charge in [-0.2, -0.15) is 0 Å². The number of aryl methyl sites for hydroxylation is 2. The molecule has 2 aromatic carbocycles. The highest BCUT2D eigenvalue weighted by Crippen LogP contribution is 2.26. The summed E-state index contributed by atoms with van der Waals surface area (Å²) >= 11 is 1.45. The third-order valence-electron chi connectivity index (χ3n) is 4.46. The average Bonchev–Trinajstić information content (AvgIpc) is 3.24. The smallest absolute Gasteiger partial charge is 0.273 e. The monoisotopic (exact) mass is 377 g/mol. The van der Waals surface area contributed by atoms with E-state index in [1.54, 1.807) is 7.11 Å². The van der Waals surface area contributed by atoms with Gasteiger partial charge in [-0.1, -0.05) is 17.7 Å². The summed E-state index contributed by atoms with van der Waals surface area (Å²) < 4.78 is 7.03. The normalized spacial score (nSPS) is 10.9. The third-order valence-corrected chi connectivity index (χ3v) is 5.30. The first-order chi connectivity index (χ1) is 13.0. The van der Waals surface area contributed by atoms with Gasteiger partial charge in [0, 0.05) is 22.8 Å². The first kappa shape index (κ1) is 17.3. The van der Waals surface area contributed by atoms with Crippen LogP contribution in [-0.4, -0.2) is 22.4 Å². The number of methoxy groups -OCH3 is 1. The van der Waals surface area contributed by atoms with Gasteiger partial charge in [0.25, 0.3) is 5.91 Å². The molecule has 2 heterocycles. The molecule has 4 aromatic rings. The number of fused-ring (bicyclic) bond motifs is 1. The molecule has 0 atom stereocenters.